The van der Waals surface area contributed by atoms with Crippen LogP contribution in [0.1, 0.15) is 41.5 Å². The van der Waals surface area contributed by atoms with Gasteiger partial charge in [0.1, 0.15) is 22.6 Å². The molecule has 0 aliphatic rings. The van der Waals surface area contributed by atoms with Crippen LogP contribution in [0.4, 0.5) is 26.7 Å². The minimum Gasteiger partial charge on any atom is -0.444 e. The van der Waals surface area contributed by atoms with Gasteiger partial charge in [-0.3, -0.25) is 24.6 Å². The Morgan fingerprint density at radius 1 is 0.733 bits per heavy atom. The topological polar surface area (TPSA) is 160 Å². The molecule has 2 amide bonds. The van der Waals surface area contributed by atoms with Gasteiger partial charge in [0, 0.05) is 60.2 Å². The van der Waals surface area contributed by atoms with Crippen LogP contribution in [0.15, 0.2) is 64.6 Å². The number of anilines is 3. The van der Waals surface area contributed by atoms with E-state index in [0.717, 1.165) is 8.95 Å². The fraction of sp³-hybridized carbons (Fsp3) is 0.414. The number of carbonyl (C=O) groups is 2. The molecule has 3 aromatic rings. The first-order valence-corrected chi connectivity index (χ1v) is 15.6. The Morgan fingerprint density at radius 2 is 1.16 bits per heavy atom. The first-order valence-electron chi connectivity index (χ1n) is 13.2. The largest absolute Gasteiger partial charge is 0.444 e. The van der Waals surface area contributed by atoms with E-state index in [4.69, 9.17) is 15.2 Å². The lowest BCUT2D eigenvalue weighted by molar-refractivity contribution is 0.0586. The molecule has 3 aromatic heterocycles. The first-order chi connectivity index (χ1) is 20.4. The molecule has 3 rings (SSSR count). The molecule has 45 heavy (non-hydrogen) atoms. The van der Waals surface area contributed by atoms with E-state index >= 15 is 0 Å². The summed E-state index contributed by atoms with van der Waals surface area (Å²) in [5.41, 5.74) is 4.16. The van der Waals surface area contributed by atoms with Crippen LogP contribution in [0.2, 0.25) is 0 Å². The normalized spacial score (nSPS) is 10.9. The van der Waals surface area contributed by atoms with E-state index < -0.39 is 23.4 Å². The molecule has 0 saturated carbocycles. The predicted octanol–water partition coefficient (Wildman–Crippen LogP) is 5.74. The molecule has 16 heteroatoms. The van der Waals surface area contributed by atoms with Crippen molar-refractivity contribution >= 4 is 77.0 Å². The molecular formula is C29H39Br3N6O7. The number of halogens is 3. The highest BCUT2D eigenvalue weighted by Crippen LogP contribution is 2.17. The standard InChI is InChI=1S/C12H17BrN2O3.C11H15BrN2O3.C6H7BrN2O/c1-12(2,3)18-11(17)15(5)9-6-8(13)7-14(4)10(9)16;1-11(2,3)17-10(16)13-8-5-7(12)6-14(4)9(8)15;1-9-3-4(7)2-5(8)6(9)10/h6-7H,1-5H3;5-6H,1-4H3,(H,13,16);2-3H,8H2,1H3. The maximum atomic E-state index is 11.9. The number of aromatic nitrogens is 3. The number of nitrogens with two attached hydrogens (primary N) is 1. The van der Waals surface area contributed by atoms with Gasteiger partial charge in [-0.1, -0.05) is 0 Å². The van der Waals surface area contributed by atoms with Gasteiger partial charge in [-0.25, -0.2) is 9.59 Å². The lowest BCUT2D eigenvalue weighted by atomic mass is 10.2. The highest BCUT2D eigenvalue weighted by molar-refractivity contribution is 9.11. The van der Waals surface area contributed by atoms with Crippen LogP contribution in [-0.2, 0) is 30.6 Å². The van der Waals surface area contributed by atoms with Crippen LogP contribution in [0.3, 0.4) is 0 Å². The van der Waals surface area contributed by atoms with E-state index in [9.17, 15) is 24.0 Å². The lowest BCUT2D eigenvalue weighted by Crippen LogP contribution is -2.37. The third-order valence-electron chi connectivity index (χ3n) is 5.12. The summed E-state index contributed by atoms with van der Waals surface area (Å²) in [5.74, 6) is 0. The van der Waals surface area contributed by atoms with Crippen molar-refractivity contribution in [2.45, 2.75) is 52.7 Å². The molecule has 0 bridgehead atoms. The summed E-state index contributed by atoms with van der Waals surface area (Å²) in [6, 6.07) is 4.71. The van der Waals surface area contributed by atoms with Crippen LogP contribution < -0.4 is 32.6 Å². The summed E-state index contributed by atoms with van der Waals surface area (Å²) in [4.78, 5) is 59.1. The molecular weight excluding hydrogens is 784 g/mol. The predicted molar refractivity (Wildman–Crippen MR) is 187 cm³/mol. The van der Waals surface area contributed by atoms with Gasteiger partial charge in [-0.15, -0.1) is 0 Å². The molecule has 0 aliphatic carbocycles. The number of rotatable bonds is 2. The molecule has 0 aromatic carbocycles. The van der Waals surface area contributed by atoms with Gasteiger partial charge in [0.2, 0.25) is 0 Å². The Balaban J connectivity index is 0.000000351. The van der Waals surface area contributed by atoms with E-state index in [0.29, 0.717) is 4.47 Å². The molecule has 3 heterocycles. The van der Waals surface area contributed by atoms with Gasteiger partial charge >= 0.3 is 12.2 Å². The zero-order chi connectivity index (χ0) is 35.0. The smallest absolute Gasteiger partial charge is 0.414 e. The zero-order valence-corrected chi connectivity index (χ0v) is 31.6. The summed E-state index contributed by atoms with van der Waals surface area (Å²) < 4.78 is 16.7. The number of nitrogens with zero attached hydrogens (tertiary/aromatic N) is 4. The molecule has 0 unspecified atom stereocenters. The molecule has 0 atom stereocenters. The van der Waals surface area contributed by atoms with Crippen LogP contribution in [-0.4, -0.2) is 44.1 Å². The average Bonchev–Trinajstić information content (AvgIpc) is 2.85. The Morgan fingerprint density at radius 3 is 1.62 bits per heavy atom. The molecule has 0 aliphatic heterocycles. The number of hydrogen-bond donors (Lipinski definition) is 2. The van der Waals surface area contributed by atoms with Crippen LogP contribution in [0.5, 0.6) is 0 Å². The minimum absolute atomic E-state index is 0.164. The van der Waals surface area contributed by atoms with Crippen LogP contribution in [0.25, 0.3) is 0 Å². The number of amides is 2. The van der Waals surface area contributed by atoms with Crippen molar-refractivity contribution in [3.63, 3.8) is 0 Å². The second-order valence-electron chi connectivity index (χ2n) is 11.6. The van der Waals surface area contributed by atoms with Crippen LogP contribution >= 0.6 is 47.8 Å². The molecule has 13 nitrogen and oxygen atoms in total. The average molecular weight is 823 g/mol. The molecule has 0 saturated heterocycles. The number of hydrogen-bond acceptors (Lipinski definition) is 8. The number of nitrogen functional groups attached to an aromatic ring is 1. The second-order valence-corrected chi connectivity index (χ2v) is 14.4. The van der Waals surface area contributed by atoms with Crippen molar-refractivity contribution in [3.05, 3.63) is 81.3 Å². The van der Waals surface area contributed by atoms with Gasteiger partial charge in [0.15, 0.2) is 0 Å². The van der Waals surface area contributed by atoms with E-state index in [1.807, 2.05) is 0 Å². The minimum atomic E-state index is -0.646. The summed E-state index contributed by atoms with van der Waals surface area (Å²) in [6.45, 7) is 10.6. The monoisotopic (exact) mass is 820 g/mol. The molecule has 0 spiro atoms. The van der Waals surface area contributed by atoms with Crippen molar-refractivity contribution in [2.75, 3.05) is 23.0 Å². The van der Waals surface area contributed by atoms with E-state index in [1.165, 1.54) is 31.7 Å². The highest BCUT2D eigenvalue weighted by Gasteiger charge is 2.23. The fourth-order valence-electron chi connectivity index (χ4n) is 3.19. The Hall–Kier alpha value is -3.37. The molecule has 0 radical (unpaired) electrons. The van der Waals surface area contributed by atoms with Crippen molar-refractivity contribution < 1.29 is 19.1 Å². The molecule has 248 valence electrons. The Labute approximate surface area is 286 Å². The van der Waals surface area contributed by atoms with Crippen molar-refractivity contribution in [3.8, 4) is 0 Å². The Bertz CT molecular complexity index is 1680. The van der Waals surface area contributed by atoms with Crippen molar-refractivity contribution in [1.82, 2.24) is 13.7 Å². The number of aryl methyl sites for hydroxylation is 3. The quantitative estimate of drug-likeness (QED) is 0.331. The van der Waals surface area contributed by atoms with E-state index in [-0.39, 0.29) is 33.7 Å². The Kier molecular flexibility index (Phi) is 14.3. The fourth-order valence-corrected chi connectivity index (χ4v) is 4.81. The molecule has 3 N–H and O–H groups in total. The second kappa shape index (κ2) is 16.3. The first kappa shape index (κ1) is 39.7. The van der Waals surface area contributed by atoms with Gasteiger partial charge < -0.3 is 28.9 Å². The van der Waals surface area contributed by atoms with E-state index in [2.05, 4.69) is 53.1 Å². The van der Waals surface area contributed by atoms with Gasteiger partial charge in [-0.05, 0) is 108 Å². The maximum absolute atomic E-state index is 11.9. The van der Waals surface area contributed by atoms with Crippen molar-refractivity contribution in [2.24, 2.45) is 21.1 Å². The summed E-state index contributed by atoms with van der Waals surface area (Å²) in [7, 11) is 6.40. The zero-order valence-electron chi connectivity index (χ0n) is 26.8. The third kappa shape index (κ3) is 13.7. The number of pyridine rings is 3. The number of carbonyl (C=O) groups excluding carboxylic acids is 2. The van der Waals surface area contributed by atoms with E-state index in [1.54, 1.807) is 93.4 Å². The van der Waals surface area contributed by atoms with Gasteiger partial charge in [-0.2, -0.15) is 0 Å². The van der Waals surface area contributed by atoms with Crippen LogP contribution in [0, 0.1) is 0 Å². The summed E-state index contributed by atoms with van der Waals surface area (Å²) in [6.07, 6.45) is 3.71. The third-order valence-corrected chi connectivity index (χ3v) is 6.42. The van der Waals surface area contributed by atoms with Crippen molar-refractivity contribution in [1.29, 1.82) is 0 Å². The maximum Gasteiger partial charge on any atom is 0.414 e. The summed E-state index contributed by atoms with van der Waals surface area (Å²) in [5, 5.41) is 2.42. The summed E-state index contributed by atoms with van der Waals surface area (Å²) >= 11 is 9.74. The van der Waals surface area contributed by atoms with Gasteiger partial charge in [0.25, 0.3) is 16.7 Å². The number of nitrogens with one attached hydrogen (secondary N) is 1. The molecule has 0 fully saturated rings. The SMILES string of the molecule is CN(C(=O)OC(C)(C)C)c1cc(Br)cn(C)c1=O.Cn1cc(Br)cc(N)c1=O.Cn1cc(Br)cc(NC(=O)OC(C)(C)C)c1=O. The highest BCUT2D eigenvalue weighted by atomic mass is 79.9. The van der Waals surface area contributed by atoms with Gasteiger partial charge in [0.05, 0.1) is 5.69 Å². The number of ether oxygens (including phenoxy) is 2. The lowest BCUT2D eigenvalue weighted by Gasteiger charge is -2.24.